The molecule has 9 nitrogen and oxygen atoms in total. The zero-order valence-corrected chi connectivity index (χ0v) is 21.0. The van der Waals surface area contributed by atoms with E-state index in [1.807, 2.05) is 42.5 Å². The second-order valence-corrected chi connectivity index (χ2v) is 9.59. The number of nitrogens with zero attached hydrogens (tertiary/aromatic N) is 5. The van der Waals surface area contributed by atoms with Crippen molar-refractivity contribution in [3.63, 3.8) is 0 Å². The first-order valence-corrected chi connectivity index (χ1v) is 12.7. The molecule has 0 aliphatic carbocycles. The van der Waals surface area contributed by atoms with Gasteiger partial charge in [-0.25, -0.2) is 14.1 Å². The fourth-order valence-electron chi connectivity index (χ4n) is 5.07. The van der Waals surface area contributed by atoms with Crippen LogP contribution in [0.5, 0.6) is 0 Å². The van der Waals surface area contributed by atoms with Gasteiger partial charge < -0.3 is 10.2 Å². The number of hydrogen-bond acceptors (Lipinski definition) is 5. The van der Waals surface area contributed by atoms with Gasteiger partial charge in [-0.3, -0.25) is 19.0 Å². The maximum absolute atomic E-state index is 13.2. The van der Waals surface area contributed by atoms with Crippen molar-refractivity contribution >= 4 is 39.3 Å². The number of aromatic nitrogens is 4. The maximum Gasteiger partial charge on any atom is 0.264 e. The highest BCUT2D eigenvalue weighted by Crippen LogP contribution is 2.25. The van der Waals surface area contributed by atoms with Crippen LogP contribution in [0.2, 0.25) is 0 Å². The third kappa shape index (κ3) is 4.76. The normalized spacial score (nSPS) is 15.4. The van der Waals surface area contributed by atoms with Crippen LogP contribution in [0.1, 0.15) is 12.0 Å². The van der Waals surface area contributed by atoms with Gasteiger partial charge in [-0.1, -0.05) is 42.5 Å². The number of rotatable bonds is 7. The highest BCUT2D eigenvalue weighted by Gasteiger charge is 2.35. The lowest BCUT2D eigenvalue weighted by molar-refractivity contribution is -0.126. The van der Waals surface area contributed by atoms with Gasteiger partial charge in [0.15, 0.2) is 5.65 Å². The van der Waals surface area contributed by atoms with E-state index in [1.54, 1.807) is 9.25 Å². The molecule has 1 aliphatic heterocycles. The first-order chi connectivity index (χ1) is 19.0. The Bertz CT molecular complexity index is 1760. The van der Waals surface area contributed by atoms with E-state index in [1.165, 1.54) is 41.7 Å². The van der Waals surface area contributed by atoms with Crippen LogP contribution >= 0.6 is 0 Å². The summed E-state index contributed by atoms with van der Waals surface area (Å²) < 4.78 is 16.4. The first kappa shape index (κ1) is 24.5. The first-order valence-electron chi connectivity index (χ1n) is 12.7. The lowest BCUT2D eigenvalue weighted by atomic mass is 10.0. The van der Waals surface area contributed by atoms with Gasteiger partial charge in [0.1, 0.15) is 17.5 Å². The number of anilines is 1. The SMILES string of the molecule is O=C(NCCn1ncc2c(=O)n(Cc3cccc4ccccc34)cnc21)C1CC(=O)N(c2ccc(F)cc2)C1. The molecule has 0 saturated carbocycles. The number of nitrogens with one attached hydrogen (secondary N) is 1. The van der Waals surface area contributed by atoms with Crippen LogP contribution in [0.25, 0.3) is 21.8 Å². The van der Waals surface area contributed by atoms with Crippen LogP contribution in [0.15, 0.2) is 84.0 Å². The van der Waals surface area contributed by atoms with Crippen LogP contribution in [-0.2, 0) is 22.7 Å². The topological polar surface area (TPSA) is 102 Å². The lowest BCUT2D eigenvalue weighted by Crippen LogP contribution is -2.35. The summed E-state index contributed by atoms with van der Waals surface area (Å²) in [5.74, 6) is -1.31. The highest BCUT2D eigenvalue weighted by molar-refractivity contribution is 6.00. The van der Waals surface area contributed by atoms with Gasteiger partial charge in [-0.15, -0.1) is 0 Å². The van der Waals surface area contributed by atoms with Crippen molar-refractivity contribution in [3.8, 4) is 0 Å². The standard InChI is InChI=1S/C29H25FN6O3/c30-22-8-10-23(11-9-22)35-17-21(14-26(35)37)28(38)31-12-13-36-27-25(15-33-36)29(39)34(18-32-27)16-20-6-3-5-19-4-1-2-7-24(19)20/h1-11,15,18,21H,12-14,16-17H2,(H,31,38). The maximum atomic E-state index is 13.2. The summed E-state index contributed by atoms with van der Waals surface area (Å²) in [7, 11) is 0. The summed E-state index contributed by atoms with van der Waals surface area (Å²) in [6.45, 7) is 1.20. The minimum atomic E-state index is -0.503. The molecule has 1 atom stereocenters. The van der Waals surface area contributed by atoms with Crippen molar-refractivity contribution in [2.45, 2.75) is 19.5 Å². The Labute approximate surface area is 222 Å². The summed E-state index contributed by atoms with van der Waals surface area (Å²) in [4.78, 5) is 44.3. The molecule has 5 aromatic rings. The van der Waals surface area contributed by atoms with Gasteiger partial charge in [0.2, 0.25) is 11.8 Å². The van der Waals surface area contributed by atoms with Gasteiger partial charge in [0.25, 0.3) is 5.56 Å². The second-order valence-electron chi connectivity index (χ2n) is 9.59. The Morgan fingerprint density at radius 2 is 1.79 bits per heavy atom. The third-order valence-corrected chi connectivity index (χ3v) is 7.10. The molecule has 0 bridgehead atoms. The van der Waals surface area contributed by atoms with E-state index in [-0.39, 0.29) is 42.7 Å². The number of benzene rings is 3. The van der Waals surface area contributed by atoms with E-state index in [0.29, 0.717) is 29.8 Å². The summed E-state index contributed by atoms with van der Waals surface area (Å²) in [5.41, 5.74) is 1.85. The lowest BCUT2D eigenvalue weighted by Gasteiger charge is -2.16. The van der Waals surface area contributed by atoms with E-state index in [2.05, 4.69) is 15.4 Å². The molecule has 39 heavy (non-hydrogen) atoms. The number of hydrogen-bond donors (Lipinski definition) is 1. The quantitative estimate of drug-likeness (QED) is 0.353. The van der Waals surface area contributed by atoms with E-state index < -0.39 is 5.92 Å². The van der Waals surface area contributed by atoms with Crippen molar-refractivity contribution in [2.75, 3.05) is 18.0 Å². The summed E-state index contributed by atoms with van der Waals surface area (Å²) in [6.07, 6.45) is 3.12. The molecule has 3 aromatic carbocycles. The van der Waals surface area contributed by atoms with Crippen molar-refractivity contribution < 1.29 is 14.0 Å². The molecule has 1 fully saturated rings. The zero-order chi connectivity index (χ0) is 26.9. The van der Waals surface area contributed by atoms with Gasteiger partial charge in [-0.2, -0.15) is 5.10 Å². The largest absolute Gasteiger partial charge is 0.354 e. The number of halogens is 1. The molecule has 196 valence electrons. The molecule has 1 N–H and O–H groups in total. The fraction of sp³-hybridized carbons (Fsp3) is 0.207. The Morgan fingerprint density at radius 3 is 2.64 bits per heavy atom. The number of carbonyl (C=O) groups excluding carboxylic acids is 2. The summed E-state index contributed by atoms with van der Waals surface area (Å²) in [5, 5.41) is 9.77. The van der Waals surface area contributed by atoms with E-state index >= 15 is 0 Å². The van der Waals surface area contributed by atoms with Gasteiger partial charge in [0, 0.05) is 25.2 Å². The van der Waals surface area contributed by atoms with Crippen LogP contribution < -0.4 is 15.8 Å². The second kappa shape index (κ2) is 10.1. The molecule has 0 spiro atoms. The van der Waals surface area contributed by atoms with Crippen molar-refractivity contribution in [3.05, 3.63) is 101 Å². The highest BCUT2D eigenvalue weighted by atomic mass is 19.1. The zero-order valence-electron chi connectivity index (χ0n) is 21.0. The Morgan fingerprint density at radius 1 is 1.00 bits per heavy atom. The average molecular weight is 525 g/mol. The molecule has 1 saturated heterocycles. The summed E-state index contributed by atoms with van der Waals surface area (Å²) in [6, 6.07) is 19.7. The number of carbonyl (C=O) groups is 2. The smallest absolute Gasteiger partial charge is 0.264 e. The Kier molecular flexibility index (Phi) is 6.36. The minimum absolute atomic E-state index is 0.0890. The molecule has 1 aliphatic rings. The molecule has 6 rings (SSSR count). The number of amides is 2. The molecule has 1 unspecified atom stereocenters. The number of fused-ring (bicyclic) bond motifs is 2. The van der Waals surface area contributed by atoms with Gasteiger partial charge in [0.05, 0.1) is 25.2 Å². The predicted octanol–water partition coefficient (Wildman–Crippen LogP) is 3.10. The summed E-state index contributed by atoms with van der Waals surface area (Å²) >= 11 is 0. The van der Waals surface area contributed by atoms with E-state index in [0.717, 1.165) is 16.3 Å². The average Bonchev–Trinajstić information content (AvgIpc) is 3.55. The van der Waals surface area contributed by atoms with E-state index in [9.17, 15) is 18.8 Å². The molecule has 3 heterocycles. The molecular weight excluding hydrogens is 499 g/mol. The molecule has 2 amide bonds. The van der Waals surface area contributed by atoms with Crippen molar-refractivity contribution in [1.29, 1.82) is 0 Å². The predicted molar refractivity (Wildman–Crippen MR) is 145 cm³/mol. The fourth-order valence-corrected chi connectivity index (χ4v) is 5.07. The molecule has 0 radical (unpaired) electrons. The van der Waals surface area contributed by atoms with Gasteiger partial charge >= 0.3 is 0 Å². The molecule has 10 heteroatoms. The molecule has 2 aromatic heterocycles. The van der Waals surface area contributed by atoms with Crippen LogP contribution in [0.4, 0.5) is 10.1 Å². The minimum Gasteiger partial charge on any atom is -0.354 e. The van der Waals surface area contributed by atoms with E-state index in [4.69, 9.17) is 0 Å². The van der Waals surface area contributed by atoms with Crippen LogP contribution in [0.3, 0.4) is 0 Å². The molecular formula is C29H25FN6O3. The van der Waals surface area contributed by atoms with Crippen LogP contribution in [0, 0.1) is 11.7 Å². The monoisotopic (exact) mass is 524 g/mol. The third-order valence-electron chi connectivity index (χ3n) is 7.10. The van der Waals surface area contributed by atoms with Gasteiger partial charge in [-0.05, 0) is 40.6 Å². The Hall–Kier alpha value is -4.86. The Balaban J connectivity index is 1.10. The van der Waals surface area contributed by atoms with Crippen LogP contribution in [-0.4, -0.2) is 44.2 Å². The van der Waals surface area contributed by atoms with Crippen molar-refractivity contribution in [2.24, 2.45) is 5.92 Å². The van der Waals surface area contributed by atoms with Crippen molar-refractivity contribution in [1.82, 2.24) is 24.6 Å².